The molecule has 0 aliphatic carbocycles. The second-order valence-corrected chi connectivity index (χ2v) is 9.12. The zero-order valence-electron chi connectivity index (χ0n) is 13.5. The molecule has 3 aliphatic heterocycles. The predicted octanol–water partition coefficient (Wildman–Crippen LogP) is 0.539. The lowest BCUT2D eigenvalue weighted by Gasteiger charge is -2.30. The van der Waals surface area contributed by atoms with Crippen molar-refractivity contribution in [3.05, 3.63) is 0 Å². The van der Waals surface area contributed by atoms with Crippen LogP contribution in [0.4, 0.5) is 0 Å². The van der Waals surface area contributed by atoms with Gasteiger partial charge in [-0.15, -0.1) is 0 Å². The van der Waals surface area contributed by atoms with Gasteiger partial charge in [0.15, 0.2) is 0 Å². The van der Waals surface area contributed by atoms with Crippen molar-refractivity contribution in [2.75, 3.05) is 58.3 Å². The summed E-state index contributed by atoms with van der Waals surface area (Å²) >= 11 is 0. The van der Waals surface area contributed by atoms with Gasteiger partial charge in [-0.25, -0.2) is 8.42 Å². The maximum absolute atomic E-state index is 12.2. The van der Waals surface area contributed by atoms with E-state index in [1.807, 2.05) is 0 Å². The van der Waals surface area contributed by atoms with E-state index in [0.717, 1.165) is 19.6 Å². The first-order chi connectivity index (χ1) is 10.5. The Hall–Kier alpha value is -0.210. The number of hydrogen-bond acceptors (Lipinski definition) is 5. The monoisotopic (exact) mass is 332 g/mol. The summed E-state index contributed by atoms with van der Waals surface area (Å²) in [6.45, 7) is 7.73. The molecule has 0 N–H and O–H groups in total. The molecule has 6 nitrogen and oxygen atoms in total. The summed E-state index contributed by atoms with van der Waals surface area (Å²) in [5.74, 6) is 0.631. The van der Waals surface area contributed by atoms with Gasteiger partial charge in [0.25, 0.3) is 0 Å². The van der Waals surface area contributed by atoms with E-state index in [9.17, 15) is 8.42 Å². The molecule has 22 heavy (non-hydrogen) atoms. The Labute approximate surface area is 133 Å². The van der Waals surface area contributed by atoms with Gasteiger partial charge in [0, 0.05) is 19.6 Å². The van der Waals surface area contributed by atoms with Gasteiger partial charge in [0.2, 0.25) is 10.0 Å². The van der Waals surface area contributed by atoms with E-state index in [4.69, 9.17) is 9.47 Å². The molecule has 3 saturated heterocycles. The predicted molar refractivity (Wildman–Crippen MR) is 84.3 cm³/mol. The van der Waals surface area contributed by atoms with Crippen LogP contribution < -0.4 is 0 Å². The van der Waals surface area contributed by atoms with Gasteiger partial charge in [-0.2, -0.15) is 4.31 Å². The molecule has 128 valence electrons. The van der Waals surface area contributed by atoms with Crippen molar-refractivity contribution in [2.45, 2.75) is 31.8 Å². The molecule has 0 aromatic rings. The van der Waals surface area contributed by atoms with E-state index in [1.54, 1.807) is 11.2 Å². The highest BCUT2D eigenvalue weighted by molar-refractivity contribution is 7.89. The molecule has 0 bridgehead atoms. The van der Waals surface area contributed by atoms with Crippen molar-refractivity contribution < 1.29 is 17.9 Å². The van der Waals surface area contributed by atoms with Crippen LogP contribution in [0.3, 0.4) is 0 Å². The summed E-state index contributed by atoms with van der Waals surface area (Å²) in [5, 5.41) is 0. The van der Waals surface area contributed by atoms with Crippen LogP contribution in [-0.2, 0) is 19.5 Å². The highest BCUT2D eigenvalue weighted by Gasteiger charge is 2.45. The van der Waals surface area contributed by atoms with Crippen LogP contribution in [0.5, 0.6) is 0 Å². The van der Waals surface area contributed by atoms with Gasteiger partial charge < -0.3 is 14.4 Å². The first kappa shape index (κ1) is 16.6. The van der Waals surface area contributed by atoms with Crippen molar-refractivity contribution in [1.82, 2.24) is 9.21 Å². The Bertz CT molecular complexity index is 478. The minimum absolute atomic E-state index is 0.139. The molecule has 0 aromatic carbocycles. The largest absolute Gasteiger partial charge is 0.377 e. The summed E-state index contributed by atoms with van der Waals surface area (Å²) in [6.07, 6.45) is 3.49. The zero-order chi connectivity index (χ0) is 15.6. The van der Waals surface area contributed by atoms with Crippen LogP contribution in [0.15, 0.2) is 0 Å². The SMILES string of the molecule is CCS(=O)(=O)N1CCOC[C@]2(C[C@@H](CN3CCCC3)CO2)C1. The number of hydrogen-bond donors (Lipinski definition) is 0. The second-order valence-electron chi connectivity index (χ2n) is 6.86. The van der Waals surface area contributed by atoms with Crippen LogP contribution in [0.2, 0.25) is 0 Å². The van der Waals surface area contributed by atoms with E-state index in [1.165, 1.54) is 25.9 Å². The van der Waals surface area contributed by atoms with Gasteiger partial charge in [-0.05, 0) is 45.2 Å². The van der Waals surface area contributed by atoms with Crippen molar-refractivity contribution in [2.24, 2.45) is 5.92 Å². The highest BCUT2D eigenvalue weighted by Crippen LogP contribution is 2.34. The molecule has 7 heteroatoms. The third kappa shape index (κ3) is 3.64. The normalized spacial score (nSPS) is 35.2. The number of rotatable bonds is 4. The van der Waals surface area contributed by atoms with Crippen LogP contribution >= 0.6 is 0 Å². The van der Waals surface area contributed by atoms with Gasteiger partial charge >= 0.3 is 0 Å². The van der Waals surface area contributed by atoms with Crippen molar-refractivity contribution in [1.29, 1.82) is 0 Å². The van der Waals surface area contributed by atoms with Crippen molar-refractivity contribution in [3.8, 4) is 0 Å². The summed E-state index contributed by atoms with van der Waals surface area (Å²) < 4.78 is 37.8. The number of nitrogens with zero attached hydrogens (tertiary/aromatic N) is 2. The second kappa shape index (κ2) is 6.73. The third-order valence-electron chi connectivity index (χ3n) is 5.07. The minimum atomic E-state index is -3.18. The topological polar surface area (TPSA) is 59.1 Å². The van der Waals surface area contributed by atoms with Gasteiger partial charge in [-0.3, -0.25) is 0 Å². The molecule has 2 atom stereocenters. The third-order valence-corrected chi connectivity index (χ3v) is 6.90. The lowest BCUT2D eigenvalue weighted by Crippen LogP contribution is -2.46. The van der Waals surface area contributed by atoms with Crippen molar-refractivity contribution in [3.63, 3.8) is 0 Å². The quantitative estimate of drug-likeness (QED) is 0.752. The molecule has 3 fully saturated rings. The maximum Gasteiger partial charge on any atom is 0.214 e. The zero-order valence-corrected chi connectivity index (χ0v) is 14.3. The average molecular weight is 332 g/mol. The van der Waals surface area contributed by atoms with E-state index in [2.05, 4.69) is 4.90 Å². The molecule has 0 radical (unpaired) electrons. The van der Waals surface area contributed by atoms with Crippen LogP contribution in [-0.4, -0.2) is 81.5 Å². The van der Waals surface area contributed by atoms with E-state index in [-0.39, 0.29) is 5.75 Å². The summed E-state index contributed by atoms with van der Waals surface area (Å²) in [6, 6.07) is 0. The summed E-state index contributed by atoms with van der Waals surface area (Å²) in [7, 11) is -3.18. The number of ether oxygens (including phenoxy) is 2. The Morgan fingerprint density at radius 3 is 2.73 bits per heavy atom. The Morgan fingerprint density at radius 2 is 2.00 bits per heavy atom. The number of likely N-dealkylation sites (tertiary alicyclic amines) is 1. The molecule has 3 aliphatic rings. The smallest absolute Gasteiger partial charge is 0.214 e. The molecule has 3 rings (SSSR count). The Balaban J connectivity index is 1.64. The minimum Gasteiger partial charge on any atom is -0.377 e. The fourth-order valence-corrected chi connectivity index (χ4v) is 5.04. The van der Waals surface area contributed by atoms with Crippen LogP contribution in [0, 0.1) is 5.92 Å². The fraction of sp³-hybridized carbons (Fsp3) is 1.00. The van der Waals surface area contributed by atoms with Crippen LogP contribution in [0.1, 0.15) is 26.2 Å². The Morgan fingerprint density at radius 1 is 1.23 bits per heavy atom. The first-order valence-corrected chi connectivity index (χ1v) is 10.1. The van der Waals surface area contributed by atoms with Gasteiger partial charge in [0.05, 0.1) is 25.6 Å². The number of sulfonamides is 1. The van der Waals surface area contributed by atoms with E-state index >= 15 is 0 Å². The molecule has 0 amide bonds. The maximum atomic E-state index is 12.2. The van der Waals surface area contributed by atoms with Gasteiger partial charge in [0.1, 0.15) is 5.60 Å². The fourth-order valence-electron chi connectivity index (χ4n) is 3.89. The Kier molecular flexibility index (Phi) is 5.09. The molecule has 1 spiro atoms. The van der Waals surface area contributed by atoms with E-state index in [0.29, 0.717) is 32.2 Å². The van der Waals surface area contributed by atoms with E-state index < -0.39 is 15.6 Å². The van der Waals surface area contributed by atoms with Crippen molar-refractivity contribution >= 4 is 10.0 Å². The summed E-state index contributed by atoms with van der Waals surface area (Å²) in [4.78, 5) is 2.51. The summed E-state index contributed by atoms with van der Waals surface area (Å²) in [5.41, 5.74) is -0.441. The molecule has 3 heterocycles. The average Bonchev–Trinajstić information content (AvgIpc) is 3.07. The molecule has 0 saturated carbocycles. The molecule has 0 unspecified atom stereocenters. The first-order valence-electron chi connectivity index (χ1n) is 8.45. The lowest BCUT2D eigenvalue weighted by molar-refractivity contribution is -0.0512. The standard InChI is InChI=1S/C15H28N2O4S/c1-2-22(18,19)17-7-8-20-13-15(12-17)9-14(11-21-15)10-16-5-3-4-6-16/h14H,2-13H2,1H3/t14-,15-/m0/s1. The molecular weight excluding hydrogens is 304 g/mol. The van der Waals surface area contributed by atoms with Gasteiger partial charge in [-0.1, -0.05) is 0 Å². The lowest BCUT2D eigenvalue weighted by atomic mass is 9.94. The molecule has 0 aromatic heterocycles. The highest BCUT2D eigenvalue weighted by atomic mass is 32.2. The molecular formula is C15H28N2O4S. The van der Waals surface area contributed by atoms with Crippen LogP contribution in [0.25, 0.3) is 0 Å².